The molecule has 2 heteroatoms. The molecule has 0 saturated heterocycles. The van der Waals surface area contributed by atoms with E-state index in [0.717, 1.165) is 66.8 Å². The maximum absolute atomic E-state index is 10.2. The van der Waals surface area contributed by atoms with E-state index in [1.54, 1.807) is 24.3 Å². The molecule has 0 bridgehead atoms. The lowest BCUT2D eigenvalue weighted by atomic mass is 9.84. The Kier molecular flexibility index (Phi) is 8.80. The summed E-state index contributed by atoms with van der Waals surface area (Å²) in [4.78, 5) is 0. The molecule has 7 rings (SSSR count). The number of benzene rings is 7. The first-order chi connectivity index (χ1) is 23.6. The van der Waals surface area contributed by atoms with E-state index in [0.29, 0.717) is 0 Å². The summed E-state index contributed by atoms with van der Waals surface area (Å²) in [5.74, 6) is 0.463. The normalized spacial score (nSPS) is 11.3. The van der Waals surface area contributed by atoms with E-state index in [2.05, 4.69) is 109 Å². The Morgan fingerprint density at radius 2 is 0.625 bits per heavy atom. The molecule has 0 aromatic heterocycles. The van der Waals surface area contributed by atoms with Gasteiger partial charge in [-0.3, -0.25) is 0 Å². The second-order valence-corrected chi connectivity index (χ2v) is 11.8. The summed E-state index contributed by atoms with van der Waals surface area (Å²) in [6.45, 7) is 0. The van der Waals surface area contributed by atoms with Crippen molar-refractivity contribution in [2.45, 2.75) is 0 Å². The highest BCUT2D eigenvalue weighted by Gasteiger charge is 2.17. The number of rotatable bonds is 8. The van der Waals surface area contributed by atoms with Crippen molar-refractivity contribution in [3.8, 4) is 56.0 Å². The summed E-state index contributed by atoms with van der Waals surface area (Å²) in [6, 6.07) is 57.1. The van der Waals surface area contributed by atoms with Gasteiger partial charge in [-0.25, -0.2) is 0 Å². The lowest BCUT2D eigenvalue weighted by molar-refractivity contribution is 0.475. The molecular formula is C46H34O2. The zero-order valence-electron chi connectivity index (χ0n) is 26.4. The molecule has 0 radical (unpaired) electrons. The first-order valence-corrected chi connectivity index (χ1v) is 16.0. The molecule has 0 unspecified atom stereocenters. The van der Waals surface area contributed by atoms with Gasteiger partial charge in [0.2, 0.25) is 0 Å². The minimum absolute atomic E-state index is 0.228. The van der Waals surface area contributed by atoms with Crippen molar-refractivity contribution in [1.29, 1.82) is 0 Å². The zero-order valence-corrected chi connectivity index (χ0v) is 26.4. The molecule has 0 aliphatic carbocycles. The summed E-state index contributed by atoms with van der Waals surface area (Å²) < 4.78 is 0. The number of hydrogen-bond acceptors (Lipinski definition) is 2. The van der Waals surface area contributed by atoms with Gasteiger partial charge in [-0.05, 0) is 103 Å². The van der Waals surface area contributed by atoms with Gasteiger partial charge in [0.1, 0.15) is 11.5 Å². The highest BCUT2D eigenvalue weighted by Crippen LogP contribution is 2.44. The average Bonchev–Trinajstić information content (AvgIpc) is 3.15. The van der Waals surface area contributed by atoms with Crippen LogP contribution in [0.1, 0.15) is 22.3 Å². The molecule has 7 aromatic carbocycles. The Morgan fingerprint density at radius 1 is 0.292 bits per heavy atom. The molecule has 0 spiro atoms. The Bertz CT molecular complexity index is 2060. The molecule has 2 nitrogen and oxygen atoms in total. The van der Waals surface area contributed by atoms with Crippen LogP contribution in [0.3, 0.4) is 0 Å². The van der Waals surface area contributed by atoms with Gasteiger partial charge < -0.3 is 10.2 Å². The van der Waals surface area contributed by atoms with Crippen LogP contribution in [-0.4, -0.2) is 10.2 Å². The molecule has 7 aromatic rings. The van der Waals surface area contributed by atoms with E-state index in [4.69, 9.17) is 0 Å². The second kappa shape index (κ2) is 13.9. The lowest BCUT2D eigenvalue weighted by Gasteiger charge is -2.19. The minimum Gasteiger partial charge on any atom is -0.508 e. The van der Waals surface area contributed by atoms with E-state index < -0.39 is 0 Å². The van der Waals surface area contributed by atoms with Gasteiger partial charge in [-0.15, -0.1) is 0 Å². The van der Waals surface area contributed by atoms with E-state index in [1.165, 1.54) is 0 Å². The summed E-state index contributed by atoms with van der Waals surface area (Å²) in [6.07, 6.45) is 8.51. The predicted molar refractivity (Wildman–Crippen MR) is 202 cm³/mol. The van der Waals surface area contributed by atoms with E-state index in [9.17, 15) is 10.2 Å². The van der Waals surface area contributed by atoms with Gasteiger partial charge in [0.25, 0.3) is 0 Å². The zero-order chi connectivity index (χ0) is 32.7. The molecular weight excluding hydrogens is 585 g/mol. The van der Waals surface area contributed by atoms with E-state index in [1.807, 2.05) is 60.7 Å². The van der Waals surface area contributed by atoms with Crippen LogP contribution < -0.4 is 0 Å². The fraction of sp³-hybridized carbons (Fsp3) is 0. The maximum atomic E-state index is 10.2. The van der Waals surface area contributed by atoms with Crippen molar-refractivity contribution >= 4 is 24.3 Å². The van der Waals surface area contributed by atoms with E-state index >= 15 is 0 Å². The molecule has 0 heterocycles. The van der Waals surface area contributed by atoms with Gasteiger partial charge >= 0.3 is 0 Å². The van der Waals surface area contributed by atoms with Gasteiger partial charge in [-0.2, -0.15) is 0 Å². The summed E-state index contributed by atoms with van der Waals surface area (Å²) in [7, 11) is 0. The summed E-state index contributed by atoms with van der Waals surface area (Å²) in [5, 5.41) is 20.2. The number of phenolic OH excluding ortho intramolecular Hbond substituents is 2. The molecule has 0 saturated carbocycles. The van der Waals surface area contributed by atoms with Crippen LogP contribution >= 0.6 is 0 Å². The number of phenols is 2. The second-order valence-electron chi connectivity index (χ2n) is 11.8. The number of hydrogen-bond donors (Lipinski definition) is 2. The van der Waals surface area contributed by atoms with Crippen LogP contribution in [0.5, 0.6) is 11.5 Å². The fourth-order valence-corrected chi connectivity index (χ4v) is 5.92. The third kappa shape index (κ3) is 7.04. The van der Waals surface area contributed by atoms with Crippen molar-refractivity contribution in [3.05, 3.63) is 192 Å². The Morgan fingerprint density at radius 3 is 1.02 bits per heavy atom. The van der Waals surface area contributed by atoms with Crippen LogP contribution in [0.2, 0.25) is 0 Å². The molecule has 0 aliphatic heterocycles. The van der Waals surface area contributed by atoms with Crippen molar-refractivity contribution in [2.75, 3.05) is 0 Å². The molecule has 0 atom stereocenters. The van der Waals surface area contributed by atoms with Crippen molar-refractivity contribution < 1.29 is 10.2 Å². The predicted octanol–water partition coefficient (Wildman–Crippen LogP) is 12.1. The third-order valence-electron chi connectivity index (χ3n) is 8.47. The molecule has 0 amide bonds. The maximum Gasteiger partial charge on any atom is 0.115 e. The van der Waals surface area contributed by atoms with Crippen LogP contribution in [0.25, 0.3) is 68.8 Å². The van der Waals surface area contributed by atoms with Crippen molar-refractivity contribution in [2.24, 2.45) is 0 Å². The first-order valence-electron chi connectivity index (χ1n) is 16.0. The SMILES string of the molecule is Oc1ccc(-c2cc(-c3ccc(/C=C/c4ccccc4)cc3)c(-c3ccc(O)cc3)c(-c3ccc(/C=C/c4ccccc4)cc3)c2)cc1. The molecule has 0 aliphatic rings. The van der Waals surface area contributed by atoms with Crippen LogP contribution in [0, 0.1) is 0 Å². The highest BCUT2D eigenvalue weighted by molar-refractivity contribution is 5.98. The smallest absolute Gasteiger partial charge is 0.115 e. The highest BCUT2D eigenvalue weighted by atomic mass is 16.3. The fourth-order valence-electron chi connectivity index (χ4n) is 5.92. The van der Waals surface area contributed by atoms with Gasteiger partial charge in [0.15, 0.2) is 0 Å². The molecule has 230 valence electrons. The number of aromatic hydroxyl groups is 2. The van der Waals surface area contributed by atoms with Crippen molar-refractivity contribution in [3.63, 3.8) is 0 Å². The topological polar surface area (TPSA) is 40.5 Å². The summed E-state index contributed by atoms with van der Waals surface area (Å²) in [5.41, 5.74) is 13.0. The van der Waals surface area contributed by atoms with Crippen LogP contribution in [0.4, 0.5) is 0 Å². The van der Waals surface area contributed by atoms with E-state index in [-0.39, 0.29) is 11.5 Å². The van der Waals surface area contributed by atoms with Gasteiger partial charge in [-0.1, -0.05) is 158 Å². The van der Waals surface area contributed by atoms with Crippen molar-refractivity contribution in [1.82, 2.24) is 0 Å². The molecule has 0 fully saturated rings. The van der Waals surface area contributed by atoms with Crippen LogP contribution in [-0.2, 0) is 0 Å². The Labute approximate surface area is 281 Å². The quantitative estimate of drug-likeness (QED) is 0.166. The Balaban J connectivity index is 1.36. The van der Waals surface area contributed by atoms with Gasteiger partial charge in [0.05, 0.1) is 0 Å². The largest absolute Gasteiger partial charge is 0.508 e. The minimum atomic E-state index is 0.228. The van der Waals surface area contributed by atoms with Gasteiger partial charge in [0, 0.05) is 0 Å². The standard InChI is InChI=1S/C46H34O2/c47-42-27-23-37(24-28-42)41-31-44(38-19-15-35(16-20-38)13-11-33-7-3-1-4-8-33)46(40-25-29-43(48)30-26-40)45(32-41)39-21-17-36(18-22-39)14-12-34-9-5-2-6-10-34/h1-32,47-48H/b13-11+,14-12+. The van der Waals surface area contributed by atoms with Crippen LogP contribution in [0.15, 0.2) is 170 Å². The molecule has 48 heavy (non-hydrogen) atoms. The third-order valence-corrected chi connectivity index (χ3v) is 8.47. The lowest BCUT2D eigenvalue weighted by Crippen LogP contribution is -1.93. The first kappa shape index (κ1) is 30.3. The monoisotopic (exact) mass is 618 g/mol. The molecule has 2 N–H and O–H groups in total. The Hall–Kier alpha value is -6.38. The summed E-state index contributed by atoms with van der Waals surface area (Å²) >= 11 is 0. The average molecular weight is 619 g/mol.